The summed E-state index contributed by atoms with van der Waals surface area (Å²) in [6.45, 7) is 2.69. The molecule has 0 spiro atoms. The smallest absolute Gasteiger partial charge is 0.140 e. The third kappa shape index (κ3) is 3.96. The fourth-order valence-electron chi connectivity index (χ4n) is 1.60. The lowest BCUT2D eigenvalue weighted by Crippen LogP contribution is -2.25. The van der Waals surface area contributed by atoms with Crippen molar-refractivity contribution in [2.24, 2.45) is 10.9 Å². The quantitative estimate of drug-likeness (QED) is 0.303. The molecule has 0 aliphatic carbocycles. The number of hydrogen-bond donors (Lipinski definition) is 3. The van der Waals surface area contributed by atoms with Crippen molar-refractivity contribution < 1.29 is 9.94 Å². The van der Waals surface area contributed by atoms with Crippen LogP contribution in [0.4, 0.5) is 0 Å². The minimum atomic E-state index is 0.151. The minimum Gasteiger partial charge on any atom is -0.496 e. The van der Waals surface area contributed by atoms with E-state index in [1.54, 1.807) is 7.11 Å². The molecule has 0 bridgehead atoms. The van der Waals surface area contributed by atoms with Gasteiger partial charge in [0.15, 0.2) is 0 Å². The number of nitrogens with zero attached hydrogens (tertiary/aromatic N) is 1. The van der Waals surface area contributed by atoms with Gasteiger partial charge in [-0.05, 0) is 13.0 Å². The highest BCUT2D eigenvalue weighted by Crippen LogP contribution is 2.23. The van der Waals surface area contributed by atoms with Crippen LogP contribution in [0.2, 0.25) is 0 Å². The van der Waals surface area contributed by atoms with E-state index in [4.69, 9.17) is 15.7 Å². The zero-order valence-corrected chi connectivity index (χ0v) is 10.2. The molecule has 17 heavy (non-hydrogen) atoms. The number of benzene rings is 1. The van der Waals surface area contributed by atoms with Gasteiger partial charge in [0.05, 0.1) is 7.11 Å². The molecule has 0 heterocycles. The zero-order valence-electron chi connectivity index (χ0n) is 10.2. The summed E-state index contributed by atoms with van der Waals surface area (Å²) in [6.07, 6.45) is 0.510. The molecule has 0 aliphatic heterocycles. The van der Waals surface area contributed by atoms with Gasteiger partial charge < -0.3 is 21.0 Å². The van der Waals surface area contributed by atoms with Crippen LogP contribution in [0.15, 0.2) is 29.4 Å². The molecule has 0 amide bonds. The summed E-state index contributed by atoms with van der Waals surface area (Å²) in [5.41, 5.74) is 6.48. The van der Waals surface area contributed by atoms with Crippen molar-refractivity contribution in [3.05, 3.63) is 29.8 Å². The van der Waals surface area contributed by atoms with Crippen molar-refractivity contribution in [2.45, 2.75) is 19.4 Å². The second-order valence-corrected chi connectivity index (χ2v) is 3.76. The third-order valence-electron chi connectivity index (χ3n) is 2.57. The Kier molecular flexibility index (Phi) is 5.29. The number of oxime groups is 1. The molecule has 1 aromatic carbocycles. The number of nitrogens with two attached hydrogens (primary N) is 1. The molecule has 0 aromatic heterocycles. The molecule has 1 atom stereocenters. The minimum absolute atomic E-state index is 0.151. The van der Waals surface area contributed by atoms with E-state index in [1.165, 1.54) is 0 Å². The maximum Gasteiger partial charge on any atom is 0.140 e. The highest BCUT2D eigenvalue weighted by Gasteiger charge is 2.09. The van der Waals surface area contributed by atoms with Crippen LogP contribution >= 0.6 is 0 Å². The van der Waals surface area contributed by atoms with Crippen LogP contribution < -0.4 is 15.8 Å². The summed E-state index contributed by atoms with van der Waals surface area (Å²) in [6, 6.07) is 8.00. The van der Waals surface area contributed by atoms with Gasteiger partial charge in [-0.25, -0.2) is 0 Å². The first kappa shape index (κ1) is 13.3. The predicted molar refractivity (Wildman–Crippen MR) is 67.4 cm³/mol. The van der Waals surface area contributed by atoms with Crippen LogP contribution in [-0.2, 0) is 0 Å². The number of amidine groups is 1. The lowest BCUT2D eigenvalue weighted by atomic mass is 10.1. The van der Waals surface area contributed by atoms with E-state index < -0.39 is 0 Å². The van der Waals surface area contributed by atoms with E-state index in [0.29, 0.717) is 13.0 Å². The summed E-state index contributed by atoms with van der Waals surface area (Å²) in [5.74, 6) is 1.08. The molecule has 0 aliphatic rings. The Balaban J connectivity index is 2.54. The van der Waals surface area contributed by atoms with E-state index in [-0.39, 0.29) is 11.9 Å². The third-order valence-corrected chi connectivity index (χ3v) is 2.57. The standard InChI is InChI=1S/C12H19N3O2/c1-9(14-8-7-12(13)15-16)10-5-3-4-6-11(10)17-2/h3-6,9,14,16H,7-8H2,1-2H3,(H2,13,15)/t9-/m0/s1. The predicted octanol–water partition coefficient (Wildman–Crippen LogP) is 1.48. The Labute approximate surface area is 101 Å². The fourth-order valence-corrected chi connectivity index (χ4v) is 1.60. The first-order valence-electron chi connectivity index (χ1n) is 5.51. The molecule has 0 saturated carbocycles. The molecule has 5 heteroatoms. The van der Waals surface area contributed by atoms with Crippen LogP contribution in [0.5, 0.6) is 5.75 Å². The van der Waals surface area contributed by atoms with Crippen LogP contribution in [0.25, 0.3) is 0 Å². The highest BCUT2D eigenvalue weighted by molar-refractivity contribution is 5.79. The Hall–Kier alpha value is -1.75. The SMILES string of the molecule is COc1ccccc1[C@H](C)NCC/C(N)=N/O. The van der Waals surface area contributed by atoms with Crippen LogP contribution in [-0.4, -0.2) is 24.7 Å². The zero-order chi connectivity index (χ0) is 12.7. The van der Waals surface area contributed by atoms with Gasteiger partial charge in [-0.3, -0.25) is 0 Å². The Morgan fingerprint density at radius 3 is 2.88 bits per heavy atom. The Bertz CT molecular complexity index is 380. The van der Waals surface area contributed by atoms with Crippen molar-refractivity contribution in [3.8, 4) is 5.75 Å². The van der Waals surface area contributed by atoms with E-state index in [1.807, 2.05) is 31.2 Å². The summed E-state index contributed by atoms with van der Waals surface area (Å²) < 4.78 is 5.29. The lowest BCUT2D eigenvalue weighted by molar-refractivity contribution is 0.316. The van der Waals surface area contributed by atoms with Crippen molar-refractivity contribution in [1.29, 1.82) is 0 Å². The lowest BCUT2D eigenvalue weighted by Gasteiger charge is -2.16. The summed E-state index contributed by atoms with van der Waals surface area (Å²) in [5, 5.41) is 14.6. The summed E-state index contributed by atoms with van der Waals surface area (Å²) >= 11 is 0. The first-order chi connectivity index (χ1) is 8.19. The topological polar surface area (TPSA) is 79.9 Å². The number of ether oxygens (including phenoxy) is 1. The van der Waals surface area contributed by atoms with Gasteiger partial charge in [-0.15, -0.1) is 0 Å². The molecule has 0 unspecified atom stereocenters. The van der Waals surface area contributed by atoms with Crippen LogP contribution in [0, 0.1) is 0 Å². The molecule has 5 nitrogen and oxygen atoms in total. The largest absolute Gasteiger partial charge is 0.496 e. The van der Waals surface area contributed by atoms with Gasteiger partial charge in [0.2, 0.25) is 0 Å². The number of hydrogen-bond acceptors (Lipinski definition) is 4. The molecular formula is C12H19N3O2. The van der Waals surface area contributed by atoms with Crippen LogP contribution in [0.3, 0.4) is 0 Å². The molecule has 1 aromatic rings. The average molecular weight is 237 g/mol. The Morgan fingerprint density at radius 2 is 2.24 bits per heavy atom. The second kappa shape index (κ2) is 6.75. The van der Waals surface area contributed by atoms with E-state index in [0.717, 1.165) is 11.3 Å². The number of nitrogens with one attached hydrogen (secondary N) is 1. The Morgan fingerprint density at radius 1 is 1.53 bits per heavy atom. The van der Waals surface area contributed by atoms with Crippen molar-refractivity contribution >= 4 is 5.84 Å². The summed E-state index contributed by atoms with van der Waals surface area (Å²) in [7, 11) is 1.65. The molecule has 0 saturated heterocycles. The van der Waals surface area contributed by atoms with Crippen molar-refractivity contribution in [2.75, 3.05) is 13.7 Å². The molecule has 0 fully saturated rings. The van der Waals surface area contributed by atoms with Crippen molar-refractivity contribution in [1.82, 2.24) is 5.32 Å². The molecule has 94 valence electrons. The number of para-hydroxylation sites is 1. The van der Waals surface area contributed by atoms with E-state index in [2.05, 4.69) is 10.5 Å². The number of methoxy groups -OCH3 is 1. The average Bonchev–Trinajstić information content (AvgIpc) is 2.38. The van der Waals surface area contributed by atoms with Crippen molar-refractivity contribution in [3.63, 3.8) is 0 Å². The molecule has 4 N–H and O–H groups in total. The van der Waals surface area contributed by atoms with E-state index >= 15 is 0 Å². The van der Waals surface area contributed by atoms with E-state index in [9.17, 15) is 0 Å². The second-order valence-electron chi connectivity index (χ2n) is 3.76. The summed E-state index contributed by atoms with van der Waals surface area (Å²) in [4.78, 5) is 0. The van der Waals surface area contributed by atoms with Gasteiger partial charge in [0.1, 0.15) is 11.6 Å². The monoisotopic (exact) mass is 237 g/mol. The van der Waals surface area contributed by atoms with Gasteiger partial charge in [0, 0.05) is 24.6 Å². The van der Waals surface area contributed by atoms with Gasteiger partial charge >= 0.3 is 0 Å². The highest BCUT2D eigenvalue weighted by atomic mass is 16.5. The van der Waals surface area contributed by atoms with Gasteiger partial charge in [0.25, 0.3) is 0 Å². The first-order valence-corrected chi connectivity index (χ1v) is 5.51. The normalized spacial score (nSPS) is 13.4. The maximum atomic E-state index is 8.41. The van der Waals surface area contributed by atoms with Crippen LogP contribution in [0.1, 0.15) is 24.9 Å². The maximum absolute atomic E-state index is 8.41. The molecular weight excluding hydrogens is 218 g/mol. The molecule has 0 radical (unpaired) electrons. The number of rotatable bonds is 6. The molecule has 1 rings (SSSR count). The van der Waals surface area contributed by atoms with Gasteiger partial charge in [-0.1, -0.05) is 23.4 Å². The van der Waals surface area contributed by atoms with Gasteiger partial charge in [-0.2, -0.15) is 0 Å². The fraction of sp³-hybridized carbons (Fsp3) is 0.417.